The third kappa shape index (κ3) is 5.21. The Labute approximate surface area is 182 Å². The van der Waals surface area contributed by atoms with Gasteiger partial charge in [-0.2, -0.15) is 0 Å². The van der Waals surface area contributed by atoms with Gasteiger partial charge in [0.1, 0.15) is 0 Å². The standard InChI is InChI=1S/C12H8N3.C11H7FN.Pt/c1-2-6-10-9(5-1)14-12(15-10)11-7-3-4-8-13-11;12-10-6-4-9(5-7-10)11-3-1-2-8-13-11;/h1-8H;1-4,6-8H;/q2*-1;+2. The number of nitrogens with zero attached hydrogens (tertiary/aromatic N) is 4. The minimum atomic E-state index is -0.278. The van der Waals surface area contributed by atoms with Gasteiger partial charge in [-0.3, -0.25) is 9.37 Å². The first kappa shape index (κ1) is 20.6. The van der Waals surface area contributed by atoms with Crippen molar-refractivity contribution in [2.75, 3.05) is 0 Å². The summed E-state index contributed by atoms with van der Waals surface area (Å²) in [5.74, 6) is 0.413. The fourth-order valence-corrected chi connectivity index (χ4v) is 2.60. The van der Waals surface area contributed by atoms with Crippen molar-refractivity contribution < 1.29 is 25.5 Å². The minimum Gasteiger partial charge on any atom is -0.434 e. The number of benzene rings is 2. The van der Waals surface area contributed by atoms with Gasteiger partial charge in [-0.15, -0.1) is 29.8 Å². The maximum Gasteiger partial charge on any atom is 2.00 e. The summed E-state index contributed by atoms with van der Waals surface area (Å²) in [7, 11) is 0. The van der Waals surface area contributed by atoms with E-state index in [9.17, 15) is 4.39 Å². The minimum absolute atomic E-state index is 0. The van der Waals surface area contributed by atoms with Crippen molar-refractivity contribution in [3.05, 3.63) is 103 Å². The predicted molar refractivity (Wildman–Crippen MR) is 107 cm³/mol. The molecule has 0 amide bonds. The molecule has 4 nitrogen and oxygen atoms in total. The Morgan fingerprint density at radius 2 is 1.45 bits per heavy atom. The summed E-state index contributed by atoms with van der Waals surface area (Å²) in [5.41, 5.74) is 4.26. The molecule has 3 heterocycles. The summed E-state index contributed by atoms with van der Waals surface area (Å²) < 4.78 is 12.6. The molecule has 0 saturated heterocycles. The van der Waals surface area contributed by atoms with Crippen LogP contribution in [-0.4, -0.2) is 15.0 Å². The zero-order chi connectivity index (χ0) is 19.2. The second kappa shape index (κ2) is 9.85. The molecule has 6 heteroatoms. The first-order chi connectivity index (χ1) is 13.8. The molecule has 2 aromatic carbocycles. The van der Waals surface area contributed by atoms with E-state index in [1.165, 1.54) is 12.1 Å². The molecule has 0 unspecified atom stereocenters. The number of hydrogen-bond donors (Lipinski definition) is 0. The van der Waals surface area contributed by atoms with Gasteiger partial charge in [0.2, 0.25) is 0 Å². The summed E-state index contributed by atoms with van der Waals surface area (Å²) >= 11 is 0. The van der Waals surface area contributed by atoms with Gasteiger partial charge in [-0.1, -0.05) is 42.5 Å². The van der Waals surface area contributed by atoms with E-state index < -0.39 is 0 Å². The average Bonchev–Trinajstić information content (AvgIpc) is 3.20. The Hall–Kier alpha value is -3.17. The van der Waals surface area contributed by atoms with E-state index in [4.69, 9.17) is 0 Å². The summed E-state index contributed by atoms with van der Waals surface area (Å²) in [6.45, 7) is 0. The average molecular weight is 561 g/mol. The number of fused-ring (bicyclic) bond motifs is 1. The largest absolute Gasteiger partial charge is 2.00 e. The van der Waals surface area contributed by atoms with Crippen LogP contribution in [0, 0.1) is 11.9 Å². The van der Waals surface area contributed by atoms with Crippen LogP contribution in [0.25, 0.3) is 33.8 Å². The van der Waals surface area contributed by atoms with Crippen LogP contribution in [0.4, 0.5) is 4.39 Å². The van der Waals surface area contributed by atoms with Crippen LogP contribution in [0.3, 0.4) is 0 Å². The van der Waals surface area contributed by atoms with E-state index in [0.717, 1.165) is 28.0 Å². The Kier molecular flexibility index (Phi) is 6.98. The van der Waals surface area contributed by atoms with Crippen LogP contribution in [0.2, 0.25) is 0 Å². The normalized spacial score (nSPS) is 9.97. The second-order valence-electron chi connectivity index (χ2n) is 5.89. The molecule has 0 aliphatic carbocycles. The molecule has 5 rings (SSSR count). The van der Waals surface area contributed by atoms with Gasteiger partial charge < -0.3 is 15.0 Å². The summed E-state index contributed by atoms with van der Waals surface area (Å²) in [6.07, 6.45) is 3.45. The molecule has 29 heavy (non-hydrogen) atoms. The Bertz CT molecular complexity index is 1130. The predicted octanol–water partition coefficient (Wildman–Crippen LogP) is 4.94. The number of halogens is 1. The molecular formula is C23H15FN4Pt. The zero-order valence-corrected chi connectivity index (χ0v) is 17.4. The van der Waals surface area contributed by atoms with E-state index >= 15 is 0 Å². The molecule has 0 saturated carbocycles. The summed E-state index contributed by atoms with van der Waals surface area (Å²) in [5, 5.41) is 0. The number of aromatic nitrogens is 4. The monoisotopic (exact) mass is 561 g/mol. The molecule has 0 aliphatic heterocycles. The van der Waals surface area contributed by atoms with Crippen molar-refractivity contribution in [1.29, 1.82) is 0 Å². The van der Waals surface area contributed by atoms with Gasteiger partial charge >= 0.3 is 21.1 Å². The summed E-state index contributed by atoms with van der Waals surface area (Å²) in [4.78, 5) is 17.2. The SMILES string of the molecule is Fc1c[c-]c(-c2ccccn2)cc1.[Pt+2].c1ccc(-c2nc3ccccc3[n-]2)nc1. The maximum atomic E-state index is 12.6. The van der Waals surface area contributed by atoms with Gasteiger partial charge in [0.25, 0.3) is 0 Å². The molecule has 0 atom stereocenters. The molecule has 144 valence electrons. The van der Waals surface area contributed by atoms with Crippen molar-refractivity contribution >= 4 is 11.0 Å². The van der Waals surface area contributed by atoms with Gasteiger partial charge in [0, 0.05) is 18.2 Å². The zero-order valence-electron chi connectivity index (χ0n) is 15.1. The molecule has 0 radical (unpaired) electrons. The van der Waals surface area contributed by atoms with E-state index in [0.29, 0.717) is 5.82 Å². The molecule has 0 N–H and O–H groups in total. The topological polar surface area (TPSA) is 52.8 Å². The molecule has 0 aliphatic rings. The third-order valence-corrected chi connectivity index (χ3v) is 3.94. The molecule has 0 fully saturated rings. The van der Waals surface area contributed by atoms with Crippen LogP contribution < -0.4 is 4.98 Å². The van der Waals surface area contributed by atoms with Crippen LogP contribution in [0.1, 0.15) is 0 Å². The first-order valence-corrected chi connectivity index (χ1v) is 8.69. The first-order valence-electron chi connectivity index (χ1n) is 8.69. The Morgan fingerprint density at radius 3 is 2.07 bits per heavy atom. The molecular weight excluding hydrogens is 546 g/mol. The van der Waals surface area contributed by atoms with Crippen molar-refractivity contribution in [1.82, 2.24) is 19.9 Å². The van der Waals surface area contributed by atoms with Crippen molar-refractivity contribution in [2.24, 2.45) is 0 Å². The van der Waals surface area contributed by atoms with E-state index in [1.54, 1.807) is 18.5 Å². The van der Waals surface area contributed by atoms with E-state index in [-0.39, 0.29) is 26.9 Å². The second-order valence-corrected chi connectivity index (χ2v) is 5.89. The number of hydrogen-bond acceptors (Lipinski definition) is 3. The van der Waals surface area contributed by atoms with Gasteiger partial charge in [0.15, 0.2) is 0 Å². The smallest absolute Gasteiger partial charge is 0.434 e. The fourth-order valence-electron chi connectivity index (χ4n) is 2.60. The van der Waals surface area contributed by atoms with E-state index in [1.807, 2.05) is 60.7 Å². The van der Waals surface area contributed by atoms with Crippen molar-refractivity contribution in [3.63, 3.8) is 0 Å². The molecule has 3 aromatic heterocycles. The Morgan fingerprint density at radius 1 is 0.759 bits per heavy atom. The third-order valence-electron chi connectivity index (χ3n) is 3.94. The fraction of sp³-hybridized carbons (Fsp3) is 0. The van der Waals surface area contributed by atoms with Crippen LogP contribution >= 0.6 is 0 Å². The van der Waals surface area contributed by atoms with Crippen LogP contribution in [0.5, 0.6) is 0 Å². The maximum absolute atomic E-state index is 12.6. The number of pyridine rings is 2. The van der Waals surface area contributed by atoms with Crippen molar-refractivity contribution in [2.45, 2.75) is 0 Å². The van der Waals surface area contributed by atoms with Crippen LogP contribution in [0.15, 0.2) is 91.3 Å². The Balaban J connectivity index is 0.000000162. The van der Waals surface area contributed by atoms with E-state index in [2.05, 4.69) is 26.0 Å². The summed E-state index contributed by atoms with van der Waals surface area (Å²) in [6, 6.07) is 26.3. The van der Waals surface area contributed by atoms with Crippen LogP contribution in [-0.2, 0) is 21.1 Å². The number of para-hydroxylation sites is 2. The number of rotatable bonds is 2. The van der Waals surface area contributed by atoms with Crippen molar-refractivity contribution in [3.8, 4) is 22.8 Å². The quantitative estimate of drug-likeness (QED) is 0.287. The molecule has 0 spiro atoms. The van der Waals surface area contributed by atoms with Gasteiger partial charge in [-0.25, -0.2) is 0 Å². The van der Waals surface area contributed by atoms with Gasteiger partial charge in [-0.05, 0) is 40.8 Å². The molecule has 0 bridgehead atoms. The number of imidazole rings is 1. The molecule has 5 aromatic rings. The van der Waals surface area contributed by atoms with Gasteiger partial charge in [0.05, 0.1) is 5.69 Å².